The van der Waals surface area contributed by atoms with Crippen molar-refractivity contribution in [3.8, 4) is 6.07 Å². The minimum atomic E-state index is -1.00. The van der Waals surface area contributed by atoms with E-state index in [1.165, 1.54) is 11.3 Å². The number of carboxylic acid groups (broad SMARTS) is 1. The highest BCUT2D eigenvalue weighted by Crippen LogP contribution is 2.40. The zero-order valence-corrected chi connectivity index (χ0v) is 13.8. The first kappa shape index (κ1) is 16.0. The molecular weight excluding hydrogens is 336 g/mol. The molecule has 0 spiro atoms. The van der Waals surface area contributed by atoms with Gasteiger partial charge in [-0.15, -0.1) is 11.3 Å². The fourth-order valence-electron chi connectivity index (χ4n) is 3.22. The number of aliphatic carboxylic acids is 1. The van der Waals surface area contributed by atoms with Crippen molar-refractivity contribution in [3.05, 3.63) is 27.1 Å². The van der Waals surface area contributed by atoms with Gasteiger partial charge in [-0.05, 0) is 37.7 Å². The topological polar surface area (TPSA) is 90.2 Å². The Balaban J connectivity index is 1.83. The number of carbonyl (C=O) groups excluding carboxylic acids is 1. The molecule has 1 amide bonds. The molecule has 0 bridgehead atoms. The van der Waals surface area contributed by atoms with Crippen LogP contribution in [0.3, 0.4) is 0 Å². The number of halogens is 1. The lowest BCUT2D eigenvalue weighted by atomic mass is 9.82. The smallest absolute Gasteiger partial charge is 0.307 e. The Bertz CT molecular complexity index is 747. The molecule has 23 heavy (non-hydrogen) atoms. The van der Waals surface area contributed by atoms with Crippen molar-refractivity contribution in [1.82, 2.24) is 0 Å². The molecule has 120 valence electrons. The van der Waals surface area contributed by atoms with E-state index in [0.29, 0.717) is 15.6 Å². The van der Waals surface area contributed by atoms with E-state index in [9.17, 15) is 20.0 Å². The average Bonchev–Trinajstić information content (AvgIpc) is 3.07. The van der Waals surface area contributed by atoms with Crippen LogP contribution in [-0.4, -0.2) is 17.0 Å². The van der Waals surface area contributed by atoms with Gasteiger partial charge in [0.1, 0.15) is 11.1 Å². The SMILES string of the molecule is N#Cc1c(NC(=O)C2CC(Cl)=CCC2C(=O)O)sc2c1CCC2. The zero-order chi connectivity index (χ0) is 16.6. The molecule has 3 rings (SSSR count). The molecule has 2 aliphatic rings. The predicted molar refractivity (Wildman–Crippen MR) is 87.5 cm³/mol. The number of hydrogen-bond donors (Lipinski definition) is 2. The van der Waals surface area contributed by atoms with Gasteiger partial charge in [0.2, 0.25) is 5.91 Å². The number of allylic oxidation sites excluding steroid dienone is 2. The second-order valence-electron chi connectivity index (χ2n) is 5.80. The zero-order valence-electron chi connectivity index (χ0n) is 12.3. The molecule has 0 saturated heterocycles. The summed E-state index contributed by atoms with van der Waals surface area (Å²) in [5, 5.41) is 22.5. The Morgan fingerprint density at radius 2 is 2.17 bits per heavy atom. The third kappa shape index (κ3) is 2.99. The number of nitrogens with one attached hydrogen (secondary N) is 1. The molecule has 2 aliphatic carbocycles. The molecule has 2 unspecified atom stereocenters. The molecule has 1 aromatic heterocycles. The third-order valence-electron chi connectivity index (χ3n) is 4.42. The second kappa shape index (κ2) is 6.34. The lowest BCUT2D eigenvalue weighted by Crippen LogP contribution is -2.35. The number of amides is 1. The number of nitrogens with zero attached hydrogens (tertiary/aromatic N) is 1. The van der Waals surface area contributed by atoms with Gasteiger partial charge in [-0.1, -0.05) is 17.7 Å². The normalized spacial score (nSPS) is 22.9. The molecule has 0 saturated carbocycles. The van der Waals surface area contributed by atoms with Crippen molar-refractivity contribution in [2.45, 2.75) is 32.1 Å². The van der Waals surface area contributed by atoms with E-state index in [4.69, 9.17) is 11.6 Å². The first-order chi connectivity index (χ1) is 11.0. The minimum absolute atomic E-state index is 0.220. The van der Waals surface area contributed by atoms with Crippen LogP contribution in [0.1, 0.15) is 35.3 Å². The number of thiophene rings is 1. The summed E-state index contributed by atoms with van der Waals surface area (Å²) < 4.78 is 0. The van der Waals surface area contributed by atoms with Crippen LogP contribution in [0.2, 0.25) is 0 Å². The quantitative estimate of drug-likeness (QED) is 0.875. The van der Waals surface area contributed by atoms with E-state index in [1.807, 2.05) is 0 Å². The van der Waals surface area contributed by atoms with Gasteiger partial charge < -0.3 is 10.4 Å². The van der Waals surface area contributed by atoms with Crippen molar-refractivity contribution < 1.29 is 14.7 Å². The molecule has 1 heterocycles. The number of aryl methyl sites for hydroxylation is 1. The number of carboxylic acids is 1. The van der Waals surface area contributed by atoms with E-state index in [-0.39, 0.29) is 18.7 Å². The van der Waals surface area contributed by atoms with Crippen molar-refractivity contribution in [2.75, 3.05) is 5.32 Å². The van der Waals surface area contributed by atoms with Crippen LogP contribution in [-0.2, 0) is 22.4 Å². The first-order valence-electron chi connectivity index (χ1n) is 7.44. The van der Waals surface area contributed by atoms with Gasteiger partial charge in [0, 0.05) is 9.91 Å². The standard InChI is InChI=1S/C16H15ClN2O3S/c17-8-4-5-10(16(21)22)11(6-8)14(20)19-15-12(7-18)9-2-1-3-13(9)23-15/h4,10-11H,1-3,5-6H2,(H,19,20)(H,21,22). The Kier molecular flexibility index (Phi) is 4.42. The molecule has 0 aromatic carbocycles. The fraction of sp³-hybridized carbons (Fsp3) is 0.438. The van der Waals surface area contributed by atoms with E-state index in [1.54, 1.807) is 6.08 Å². The summed E-state index contributed by atoms with van der Waals surface area (Å²) in [4.78, 5) is 25.1. The van der Waals surface area contributed by atoms with Gasteiger partial charge in [0.25, 0.3) is 0 Å². The van der Waals surface area contributed by atoms with Crippen LogP contribution in [0.15, 0.2) is 11.1 Å². The summed E-state index contributed by atoms with van der Waals surface area (Å²) in [7, 11) is 0. The number of anilines is 1. The van der Waals surface area contributed by atoms with E-state index < -0.39 is 17.8 Å². The molecule has 5 nitrogen and oxygen atoms in total. The summed E-state index contributed by atoms with van der Waals surface area (Å²) in [6, 6.07) is 2.17. The maximum Gasteiger partial charge on any atom is 0.307 e. The maximum absolute atomic E-state index is 12.6. The van der Waals surface area contributed by atoms with Crippen LogP contribution in [0.4, 0.5) is 5.00 Å². The number of rotatable bonds is 3. The molecule has 2 atom stereocenters. The third-order valence-corrected chi connectivity index (χ3v) is 5.93. The van der Waals surface area contributed by atoms with Gasteiger partial charge in [-0.25, -0.2) is 0 Å². The molecule has 0 fully saturated rings. The Labute approximate surface area is 142 Å². The van der Waals surface area contributed by atoms with Gasteiger partial charge in [-0.3, -0.25) is 9.59 Å². The molecule has 0 radical (unpaired) electrons. The van der Waals surface area contributed by atoms with Crippen molar-refractivity contribution in [2.24, 2.45) is 11.8 Å². The largest absolute Gasteiger partial charge is 0.481 e. The lowest BCUT2D eigenvalue weighted by Gasteiger charge is -2.25. The molecule has 7 heteroatoms. The summed E-state index contributed by atoms with van der Waals surface area (Å²) >= 11 is 7.41. The van der Waals surface area contributed by atoms with Crippen LogP contribution in [0, 0.1) is 23.2 Å². The monoisotopic (exact) mass is 350 g/mol. The number of fused-ring (bicyclic) bond motifs is 1. The van der Waals surface area contributed by atoms with E-state index >= 15 is 0 Å². The molecule has 2 N–H and O–H groups in total. The van der Waals surface area contributed by atoms with E-state index in [0.717, 1.165) is 29.7 Å². The highest BCUT2D eigenvalue weighted by molar-refractivity contribution is 7.16. The van der Waals surface area contributed by atoms with Crippen molar-refractivity contribution in [1.29, 1.82) is 5.26 Å². The van der Waals surface area contributed by atoms with Gasteiger partial charge in [0.05, 0.1) is 17.4 Å². The lowest BCUT2D eigenvalue weighted by molar-refractivity contribution is -0.146. The van der Waals surface area contributed by atoms with Gasteiger partial charge in [0.15, 0.2) is 0 Å². The summed E-state index contributed by atoms with van der Waals surface area (Å²) in [5.74, 6) is -2.87. The highest BCUT2D eigenvalue weighted by atomic mass is 35.5. The number of hydrogen-bond acceptors (Lipinski definition) is 4. The molecule has 0 aliphatic heterocycles. The highest BCUT2D eigenvalue weighted by Gasteiger charge is 2.37. The Hall–Kier alpha value is -1.84. The summed E-state index contributed by atoms with van der Waals surface area (Å²) in [5.41, 5.74) is 1.56. The Morgan fingerprint density at radius 1 is 1.39 bits per heavy atom. The predicted octanol–water partition coefficient (Wildman–Crippen LogP) is 3.28. The van der Waals surface area contributed by atoms with Crippen molar-refractivity contribution >= 4 is 39.8 Å². The van der Waals surface area contributed by atoms with Crippen LogP contribution in [0.5, 0.6) is 0 Å². The maximum atomic E-state index is 12.6. The summed E-state index contributed by atoms with van der Waals surface area (Å²) in [6.45, 7) is 0. The van der Waals surface area contributed by atoms with Crippen molar-refractivity contribution in [3.63, 3.8) is 0 Å². The van der Waals surface area contributed by atoms with Crippen LogP contribution >= 0.6 is 22.9 Å². The summed E-state index contributed by atoms with van der Waals surface area (Å²) in [6.07, 6.45) is 4.95. The van der Waals surface area contributed by atoms with Crippen LogP contribution in [0.25, 0.3) is 0 Å². The Morgan fingerprint density at radius 3 is 2.87 bits per heavy atom. The molecular formula is C16H15ClN2O3S. The molecule has 1 aromatic rings. The first-order valence-corrected chi connectivity index (χ1v) is 8.63. The number of nitriles is 1. The fourth-order valence-corrected chi connectivity index (χ4v) is 4.72. The van der Waals surface area contributed by atoms with Gasteiger partial charge >= 0.3 is 5.97 Å². The van der Waals surface area contributed by atoms with Crippen LogP contribution < -0.4 is 5.32 Å². The second-order valence-corrected chi connectivity index (χ2v) is 7.40. The minimum Gasteiger partial charge on any atom is -0.481 e. The average molecular weight is 351 g/mol. The van der Waals surface area contributed by atoms with Gasteiger partial charge in [-0.2, -0.15) is 5.26 Å². The number of carbonyl (C=O) groups is 2. The van der Waals surface area contributed by atoms with E-state index in [2.05, 4.69) is 11.4 Å².